The molecule has 0 saturated carbocycles. The molecule has 90 valence electrons. The second-order valence-electron chi connectivity index (χ2n) is 3.43. The van der Waals surface area contributed by atoms with E-state index < -0.39 is 0 Å². The molecule has 0 amide bonds. The molecular weight excluding hydrogens is 222 g/mol. The van der Waals surface area contributed by atoms with Crippen LogP contribution in [-0.2, 0) is 11.3 Å². The van der Waals surface area contributed by atoms with E-state index in [1.165, 1.54) is 6.07 Å². The molecule has 17 heavy (non-hydrogen) atoms. The van der Waals surface area contributed by atoms with Gasteiger partial charge in [0.15, 0.2) is 5.82 Å². The highest BCUT2D eigenvalue weighted by molar-refractivity contribution is 5.63. The van der Waals surface area contributed by atoms with Crippen LogP contribution in [0.4, 0.5) is 5.69 Å². The Morgan fingerprint density at radius 1 is 1.47 bits per heavy atom. The second kappa shape index (κ2) is 4.84. The number of aromatic nitrogens is 2. The Bertz CT molecular complexity index is 510. The monoisotopic (exact) mass is 235 g/mol. The Balaban J connectivity index is 2.21. The van der Waals surface area contributed by atoms with E-state index in [1.807, 2.05) is 6.92 Å². The largest absolute Gasteiger partial charge is 0.506 e. The molecule has 3 N–H and O–H groups in total. The lowest BCUT2D eigenvalue weighted by molar-refractivity contribution is 0.126. The zero-order valence-corrected chi connectivity index (χ0v) is 9.38. The number of hydrogen-bond donors (Lipinski definition) is 2. The van der Waals surface area contributed by atoms with Gasteiger partial charge in [-0.15, -0.1) is 0 Å². The average molecular weight is 235 g/mol. The summed E-state index contributed by atoms with van der Waals surface area (Å²) in [7, 11) is 0. The van der Waals surface area contributed by atoms with Crippen molar-refractivity contribution >= 4 is 5.69 Å². The molecule has 0 fully saturated rings. The van der Waals surface area contributed by atoms with Crippen LogP contribution in [-0.4, -0.2) is 21.9 Å². The number of phenolic OH excluding ortho intramolecular Hbond substituents is 1. The molecule has 0 radical (unpaired) electrons. The van der Waals surface area contributed by atoms with Crippen molar-refractivity contribution in [2.75, 3.05) is 12.3 Å². The van der Waals surface area contributed by atoms with Crippen molar-refractivity contribution in [2.24, 2.45) is 0 Å². The lowest BCUT2D eigenvalue weighted by Crippen LogP contribution is -1.93. The third-order valence-electron chi connectivity index (χ3n) is 2.18. The third-order valence-corrected chi connectivity index (χ3v) is 2.18. The van der Waals surface area contributed by atoms with E-state index in [-0.39, 0.29) is 5.75 Å². The minimum absolute atomic E-state index is 0.00735. The molecule has 0 aliphatic rings. The first-order chi connectivity index (χ1) is 8.20. The van der Waals surface area contributed by atoms with Crippen molar-refractivity contribution in [1.29, 1.82) is 0 Å². The number of hydrogen-bond acceptors (Lipinski definition) is 6. The molecule has 2 rings (SSSR count). The number of rotatable bonds is 4. The number of anilines is 1. The normalized spacial score (nSPS) is 10.6. The minimum Gasteiger partial charge on any atom is -0.506 e. The van der Waals surface area contributed by atoms with Gasteiger partial charge in [-0.2, -0.15) is 4.98 Å². The van der Waals surface area contributed by atoms with Gasteiger partial charge in [-0.25, -0.2) is 0 Å². The molecular formula is C11H13N3O3. The van der Waals surface area contributed by atoms with Crippen LogP contribution in [0.15, 0.2) is 22.7 Å². The van der Waals surface area contributed by atoms with Gasteiger partial charge in [0, 0.05) is 12.2 Å². The predicted octanol–water partition coefficient (Wildman–Crippen LogP) is 1.56. The molecule has 1 aromatic heterocycles. The van der Waals surface area contributed by atoms with Crippen molar-refractivity contribution in [2.45, 2.75) is 13.5 Å². The Hall–Kier alpha value is -2.08. The number of aromatic hydroxyl groups is 1. The Morgan fingerprint density at radius 3 is 3.00 bits per heavy atom. The average Bonchev–Trinajstić information content (AvgIpc) is 2.79. The molecule has 0 spiro atoms. The maximum Gasteiger partial charge on any atom is 0.258 e. The fourth-order valence-corrected chi connectivity index (χ4v) is 1.30. The number of nitrogens with zero attached hydrogens (tertiary/aromatic N) is 2. The van der Waals surface area contributed by atoms with Gasteiger partial charge in [-0.05, 0) is 25.1 Å². The predicted molar refractivity (Wildman–Crippen MR) is 61.1 cm³/mol. The van der Waals surface area contributed by atoms with Crippen LogP contribution in [0.1, 0.15) is 12.7 Å². The first-order valence-electron chi connectivity index (χ1n) is 5.20. The summed E-state index contributed by atoms with van der Waals surface area (Å²) in [5, 5.41) is 13.2. The van der Waals surface area contributed by atoms with Gasteiger partial charge in [0.05, 0.1) is 5.69 Å². The second-order valence-corrected chi connectivity index (χ2v) is 3.43. The minimum atomic E-state index is -0.00735. The zero-order valence-electron chi connectivity index (χ0n) is 9.38. The highest BCUT2D eigenvalue weighted by Gasteiger charge is 2.10. The van der Waals surface area contributed by atoms with E-state index in [2.05, 4.69) is 10.1 Å². The standard InChI is InChI=1S/C11H13N3O3/c1-2-16-6-10-13-11(17-14-10)7-3-4-8(12)9(15)5-7/h3-5,15H,2,6,12H2,1H3. The molecule has 0 atom stereocenters. The van der Waals surface area contributed by atoms with Crippen LogP contribution in [0.3, 0.4) is 0 Å². The van der Waals surface area contributed by atoms with Crippen LogP contribution in [0, 0.1) is 0 Å². The van der Waals surface area contributed by atoms with E-state index in [0.717, 1.165) is 0 Å². The van der Waals surface area contributed by atoms with Crippen LogP contribution in [0.25, 0.3) is 11.5 Å². The van der Waals surface area contributed by atoms with Crippen molar-refractivity contribution in [3.8, 4) is 17.2 Å². The number of nitrogens with two attached hydrogens (primary N) is 1. The first-order valence-corrected chi connectivity index (χ1v) is 5.20. The van der Waals surface area contributed by atoms with Crippen molar-refractivity contribution in [3.05, 3.63) is 24.0 Å². The molecule has 1 heterocycles. The van der Waals surface area contributed by atoms with Crippen LogP contribution < -0.4 is 5.73 Å². The van der Waals surface area contributed by atoms with Crippen LogP contribution in [0.2, 0.25) is 0 Å². The quantitative estimate of drug-likeness (QED) is 0.617. The highest BCUT2D eigenvalue weighted by Crippen LogP contribution is 2.26. The molecule has 6 heteroatoms. The van der Waals surface area contributed by atoms with E-state index in [1.54, 1.807) is 12.1 Å². The van der Waals surface area contributed by atoms with E-state index in [9.17, 15) is 5.11 Å². The number of benzene rings is 1. The molecule has 6 nitrogen and oxygen atoms in total. The Morgan fingerprint density at radius 2 is 2.29 bits per heavy atom. The number of phenols is 1. The molecule has 0 aliphatic carbocycles. The van der Waals surface area contributed by atoms with E-state index in [4.69, 9.17) is 15.0 Å². The van der Waals surface area contributed by atoms with Gasteiger partial charge in [0.1, 0.15) is 12.4 Å². The smallest absolute Gasteiger partial charge is 0.258 e. The molecule has 0 saturated heterocycles. The fourth-order valence-electron chi connectivity index (χ4n) is 1.30. The Labute approximate surface area is 98.0 Å². The maximum absolute atomic E-state index is 9.47. The lowest BCUT2D eigenvalue weighted by atomic mass is 10.2. The van der Waals surface area contributed by atoms with Crippen molar-refractivity contribution < 1.29 is 14.4 Å². The number of nitrogen functional groups attached to an aromatic ring is 1. The summed E-state index contributed by atoms with van der Waals surface area (Å²) in [6.45, 7) is 2.78. The first kappa shape index (κ1) is 11.4. The summed E-state index contributed by atoms with van der Waals surface area (Å²) >= 11 is 0. The Kier molecular flexibility index (Phi) is 3.24. The molecule has 0 aliphatic heterocycles. The van der Waals surface area contributed by atoms with Crippen molar-refractivity contribution in [1.82, 2.24) is 10.1 Å². The lowest BCUT2D eigenvalue weighted by Gasteiger charge is -1.99. The summed E-state index contributed by atoms with van der Waals surface area (Å²) in [6, 6.07) is 4.76. The van der Waals surface area contributed by atoms with Gasteiger partial charge in [-0.1, -0.05) is 5.16 Å². The summed E-state index contributed by atoms with van der Waals surface area (Å²) in [6.07, 6.45) is 0. The highest BCUT2D eigenvalue weighted by atomic mass is 16.5. The third kappa shape index (κ3) is 2.54. The molecule has 0 unspecified atom stereocenters. The van der Waals surface area contributed by atoms with Gasteiger partial charge in [-0.3, -0.25) is 0 Å². The van der Waals surface area contributed by atoms with Crippen LogP contribution >= 0.6 is 0 Å². The summed E-state index contributed by atoms with van der Waals surface area (Å²) in [4.78, 5) is 4.13. The molecule has 0 bridgehead atoms. The van der Waals surface area contributed by atoms with Gasteiger partial charge >= 0.3 is 0 Å². The zero-order chi connectivity index (χ0) is 12.3. The van der Waals surface area contributed by atoms with Crippen LogP contribution in [0.5, 0.6) is 5.75 Å². The SMILES string of the molecule is CCOCc1noc(-c2ccc(N)c(O)c2)n1. The van der Waals surface area contributed by atoms with Gasteiger partial charge in [0.25, 0.3) is 5.89 Å². The summed E-state index contributed by atoms with van der Waals surface area (Å²) < 4.78 is 10.2. The topological polar surface area (TPSA) is 94.4 Å². The van der Waals surface area contributed by atoms with Crippen molar-refractivity contribution in [3.63, 3.8) is 0 Å². The molecule has 1 aromatic carbocycles. The number of ether oxygens (including phenoxy) is 1. The van der Waals surface area contributed by atoms with Gasteiger partial charge in [0.2, 0.25) is 0 Å². The van der Waals surface area contributed by atoms with E-state index >= 15 is 0 Å². The summed E-state index contributed by atoms with van der Waals surface area (Å²) in [5.74, 6) is 0.792. The van der Waals surface area contributed by atoms with Gasteiger partial charge < -0.3 is 20.1 Å². The fraction of sp³-hybridized carbons (Fsp3) is 0.273. The van der Waals surface area contributed by atoms with E-state index in [0.29, 0.717) is 36.2 Å². The summed E-state index contributed by atoms with van der Waals surface area (Å²) in [5.41, 5.74) is 6.43. The molecule has 2 aromatic rings. The maximum atomic E-state index is 9.47.